The summed E-state index contributed by atoms with van der Waals surface area (Å²) >= 11 is 0. The third-order valence-electron chi connectivity index (χ3n) is 4.69. The predicted molar refractivity (Wildman–Crippen MR) is 96.1 cm³/mol. The largest absolute Gasteiger partial charge is 0.294 e. The molecule has 0 fully saturated rings. The van der Waals surface area contributed by atoms with E-state index in [1.807, 2.05) is 0 Å². The van der Waals surface area contributed by atoms with E-state index >= 15 is 0 Å². The van der Waals surface area contributed by atoms with E-state index in [1.165, 1.54) is 36.5 Å². The van der Waals surface area contributed by atoms with Crippen molar-refractivity contribution in [3.05, 3.63) is 77.5 Å². The highest BCUT2D eigenvalue weighted by molar-refractivity contribution is 7.90. The first-order chi connectivity index (χ1) is 12.9. The molecule has 0 bridgehead atoms. The first-order valence-electron chi connectivity index (χ1n) is 8.43. The first kappa shape index (κ1) is 17.6. The van der Waals surface area contributed by atoms with Crippen LogP contribution < -0.4 is 0 Å². The van der Waals surface area contributed by atoms with Crippen molar-refractivity contribution in [2.24, 2.45) is 0 Å². The molecule has 2 aromatic carbocycles. The quantitative estimate of drug-likeness (QED) is 0.677. The molecular formula is C20H15F2NO3S. The fourth-order valence-corrected chi connectivity index (χ4v) is 4.87. The molecule has 0 N–H and O–H groups in total. The van der Waals surface area contributed by atoms with E-state index in [0.717, 1.165) is 16.1 Å². The average molecular weight is 387 g/mol. The molecule has 0 atom stereocenters. The summed E-state index contributed by atoms with van der Waals surface area (Å²) in [5.41, 5.74) is 1.00. The summed E-state index contributed by atoms with van der Waals surface area (Å²) in [6, 6.07) is 10.4. The second-order valence-corrected chi connectivity index (χ2v) is 8.20. The van der Waals surface area contributed by atoms with E-state index in [1.54, 1.807) is 6.07 Å². The van der Waals surface area contributed by atoms with Crippen molar-refractivity contribution in [1.29, 1.82) is 0 Å². The van der Waals surface area contributed by atoms with Crippen LogP contribution in [0.3, 0.4) is 0 Å². The van der Waals surface area contributed by atoms with Crippen LogP contribution in [0, 0.1) is 11.6 Å². The van der Waals surface area contributed by atoms with Crippen molar-refractivity contribution in [2.45, 2.75) is 24.2 Å². The minimum atomic E-state index is -4.22. The van der Waals surface area contributed by atoms with Gasteiger partial charge in [0.25, 0.3) is 10.0 Å². The number of nitrogens with zero attached hydrogens (tertiary/aromatic N) is 1. The maximum absolute atomic E-state index is 14.5. The summed E-state index contributed by atoms with van der Waals surface area (Å²) in [5, 5.41) is 0. The number of carbonyl (C=O) groups excluding carboxylic acids is 1. The zero-order valence-electron chi connectivity index (χ0n) is 14.2. The summed E-state index contributed by atoms with van der Waals surface area (Å²) in [5.74, 6) is -1.47. The SMILES string of the molecule is O=C1CCCc2c1cn(S(=O)(=O)c1cccc(F)c1)c2-c1ccccc1F. The molecule has 27 heavy (non-hydrogen) atoms. The molecule has 0 unspecified atom stereocenters. The van der Waals surface area contributed by atoms with Gasteiger partial charge in [-0.2, -0.15) is 0 Å². The van der Waals surface area contributed by atoms with Crippen molar-refractivity contribution >= 4 is 15.8 Å². The second kappa shape index (κ2) is 6.42. The zero-order valence-corrected chi connectivity index (χ0v) is 15.0. The lowest BCUT2D eigenvalue weighted by atomic mass is 9.91. The molecule has 1 aromatic heterocycles. The Morgan fingerprint density at radius 3 is 2.44 bits per heavy atom. The Labute approximate surface area is 155 Å². The van der Waals surface area contributed by atoms with Crippen LogP contribution in [-0.2, 0) is 16.4 Å². The van der Waals surface area contributed by atoms with Crippen LogP contribution in [-0.4, -0.2) is 18.2 Å². The molecule has 1 aliphatic carbocycles. The van der Waals surface area contributed by atoms with Gasteiger partial charge in [0.15, 0.2) is 5.78 Å². The number of benzene rings is 2. The van der Waals surface area contributed by atoms with Gasteiger partial charge in [-0.1, -0.05) is 18.2 Å². The van der Waals surface area contributed by atoms with Crippen molar-refractivity contribution in [2.75, 3.05) is 0 Å². The van der Waals surface area contributed by atoms with Crippen LogP contribution in [0.2, 0.25) is 0 Å². The van der Waals surface area contributed by atoms with Gasteiger partial charge >= 0.3 is 0 Å². The summed E-state index contributed by atoms with van der Waals surface area (Å²) in [4.78, 5) is 12.1. The van der Waals surface area contributed by atoms with Gasteiger partial charge in [-0.05, 0) is 48.7 Å². The van der Waals surface area contributed by atoms with Crippen LogP contribution in [0.1, 0.15) is 28.8 Å². The number of halogens is 2. The molecule has 0 saturated carbocycles. The molecule has 3 aromatic rings. The molecule has 0 saturated heterocycles. The summed E-state index contributed by atoms with van der Waals surface area (Å²) < 4.78 is 55.4. The van der Waals surface area contributed by atoms with E-state index in [4.69, 9.17) is 0 Å². The Bertz CT molecular complexity index is 1170. The minimum Gasteiger partial charge on any atom is -0.294 e. The van der Waals surface area contributed by atoms with Gasteiger partial charge in [0, 0.05) is 23.7 Å². The van der Waals surface area contributed by atoms with Crippen molar-refractivity contribution in [3.63, 3.8) is 0 Å². The molecule has 0 spiro atoms. The lowest BCUT2D eigenvalue weighted by Gasteiger charge is -2.15. The summed E-state index contributed by atoms with van der Waals surface area (Å²) in [6.45, 7) is 0. The first-order valence-corrected chi connectivity index (χ1v) is 9.87. The monoisotopic (exact) mass is 387 g/mol. The predicted octanol–water partition coefficient (Wildman–Crippen LogP) is 4.19. The Kier molecular flexibility index (Phi) is 4.19. The maximum atomic E-state index is 14.5. The highest BCUT2D eigenvalue weighted by Crippen LogP contribution is 2.37. The van der Waals surface area contributed by atoms with Crippen LogP contribution in [0.25, 0.3) is 11.3 Å². The number of carbonyl (C=O) groups is 1. The second-order valence-electron chi connectivity index (χ2n) is 6.38. The molecule has 4 rings (SSSR count). The molecule has 0 aliphatic heterocycles. The number of Topliss-reactive ketones (excluding diaryl/α,β-unsaturated/α-hetero) is 1. The van der Waals surface area contributed by atoms with Gasteiger partial charge in [-0.3, -0.25) is 4.79 Å². The van der Waals surface area contributed by atoms with Gasteiger partial charge in [0.1, 0.15) is 11.6 Å². The van der Waals surface area contributed by atoms with Gasteiger partial charge in [-0.15, -0.1) is 0 Å². The van der Waals surface area contributed by atoms with Crippen molar-refractivity contribution in [3.8, 4) is 11.3 Å². The minimum absolute atomic E-state index is 0.0911. The number of ketones is 1. The lowest BCUT2D eigenvalue weighted by Crippen LogP contribution is -2.14. The third-order valence-corrected chi connectivity index (χ3v) is 6.35. The van der Waals surface area contributed by atoms with Gasteiger partial charge < -0.3 is 0 Å². The van der Waals surface area contributed by atoms with Crippen LogP contribution in [0.4, 0.5) is 8.78 Å². The van der Waals surface area contributed by atoms with E-state index in [9.17, 15) is 22.0 Å². The van der Waals surface area contributed by atoms with Crippen molar-refractivity contribution < 1.29 is 22.0 Å². The summed E-state index contributed by atoms with van der Waals surface area (Å²) in [7, 11) is -4.22. The standard InChI is InChI=1S/C20H15F2NO3S/c21-13-5-3-6-14(11-13)27(25,26)23-12-17-15(8-4-10-19(17)24)20(23)16-7-1-2-9-18(16)22/h1-3,5-7,9,11-12H,4,8,10H2. The Morgan fingerprint density at radius 2 is 1.70 bits per heavy atom. The molecule has 1 aliphatic rings. The molecule has 1 heterocycles. The van der Waals surface area contributed by atoms with Gasteiger partial charge in [-0.25, -0.2) is 21.2 Å². The van der Waals surface area contributed by atoms with Crippen LogP contribution in [0.15, 0.2) is 59.6 Å². The van der Waals surface area contributed by atoms with Gasteiger partial charge in [0.2, 0.25) is 0 Å². The van der Waals surface area contributed by atoms with Crippen molar-refractivity contribution in [1.82, 2.24) is 3.97 Å². The molecule has 7 heteroatoms. The Morgan fingerprint density at radius 1 is 0.926 bits per heavy atom. The fourth-order valence-electron chi connectivity index (χ4n) is 3.44. The number of fused-ring (bicyclic) bond motifs is 1. The Balaban J connectivity index is 2.04. The molecule has 4 nitrogen and oxygen atoms in total. The molecular weight excluding hydrogens is 372 g/mol. The number of rotatable bonds is 3. The van der Waals surface area contributed by atoms with Gasteiger partial charge in [0.05, 0.1) is 10.6 Å². The Hall–Kier alpha value is -2.80. The smallest absolute Gasteiger partial charge is 0.268 e. The molecule has 0 amide bonds. The third kappa shape index (κ3) is 2.88. The lowest BCUT2D eigenvalue weighted by molar-refractivity contribution is 0.0973. The highest BCUT2D eigenvalue weighted by Gasteiger charge is 2.31. The van der Waals surface area contributed by atoms with E-state index < -0.39 is 21.7 Å². The normalized spacial score (nSPS) is 14.2. The average Bonchev–Trinajstić information content (AvgIpc) is 3.04. The maximum Gasteiger partial charge on any atom is 0.268 e. The van der Waals surface area contributed by atoms with Crippen LogP contribution in [0.5, 0.6) is 0 Å². The topological polar surface area (TPSA) is 56.1 Å². The number of hydrogen-bond donors (Lipinski definition) is 0. The van der Waals surface area contributed by atoms with E-state index in [2.05, 4.69) is 0 Å². The van der Waals surface area contributed by atoms with Crippen LogP contribution >= 0.6 is 0 Å². The highest BCUT2D eigenvalue weighted by atomic mass is 32.2. The zero-order chi connectivity index (χ0) is 19.2. The summed E-state index contributed by atoms with van der Waals surface area (Å²) in [6.07, 6.45) is 2.58. The van der Waals surface area contributed by atoms with E-state index in [-0.39, 0.29) is 27.5 Å². The molecule has 0 radical (unpaired) electrons. The van der Waals surface area contributed by atoms with E-state index in [0.29, 0.717) is 24.8 Å². The fraction of sp³-hybridized carbons (Fsp3) is 0.150. The number of aromatic nitrogens is 1. The molecule has 138 valence electrons. The number of hydrogen-bond acceptors (Lipinski definition) is 3.